The Morgan fingerprint density at radius 3 is 2.33 bits per heavy atom. The summed E-state index contributed by atoms with van der Waals surface area (Å²) in [6, 6.07) is 8.25. The van der Waals surface area contributed by atoms with Crippen LogP contribution in [0.4, 0.5) is 5.69 Å². The molecule has 0 spiro atoms. The molecule has 1 aromatic rings. The summed E-state index contributed by atoms with van der Waals surface area (Å²) >= 11 is 0. The first-order chi connectivity index (χ1) is 10.1. The topological polar surface area (TPSA) is 40.6 Å². The maximum absolute atomic E-state index is 11.9. The van der Waals surface area contributed by atoms with Crippen LogP contribution in [0.2, 0.25) is 0 Å². The fourth-order valence-electron chi connectivity index (χ4n) is 3.76. The summed E-state index contributed by atoms with van der Waals surface area (Å²) in [6.07, 6.45) is 2.06. The Labute approximate surface area is 125 Å². The van der Waals surface area contributed by atoms with Gasteiger partial charge in [-0.05, 0) is 30.4 Å². The second-order valence-electron chi connectivity index (χ2n) is 6.14. The van der Waals surface area contributed by atoms with Crippen molar-refractivity contribution in [2.75, 3.05) is 24.5 Å². The minimum Gasteiger partial charge on any atom is -0.343 e. The van der Waals surface area contributed by atoms with E-state index in [4.69, 9.17) is 0 Å². The third-order valence-electron chi connectivity index (χ3n) is 4.94. The summed E-state index contributed by atoms with van der Waals surface area (Å²) in [4.78, 5) is 27.1. The van der Waals surface area contributed by atoms with E-state index >= 15 is 0 Å². The molecule has 0 aromatic heterocycles. The standard InChI is InChI=1S/C17H22N2O2/c1-12(20)18-9-7-14(8-10-18)16-11-19(13(2)21)17-6-4-3-5-15(16)17/h3-6,14,16H,7-11H2,1-2H3. The van der Waals surface area contributed by atoms with Gasteiger partial charge in [0.2, 0.25) is 11.8 Å². The number of nitrogens with zero attached hydrogens (tertiary/aromatic N) is 2. The van der Waals surface area contributed by atoms with E-state index < -0.39 is 0 Å². The SMILES string of the molecule is CC(=O)N1CCC(C2CN(C(C)=O)c3ccccc32)CC1. The maximum Gasteiger partial charge on any atom is 0.223 e. The van der Waals surface area contributed by atoms with Gasteiger partial charge in [0.25, 0.3) is 0 Å². The highest BCUT2D eigenvalue weighted by atomic mass is 16.2. The number of likely N-dealkylation sites (tertiary alicyclic amines) is 1. The molecule has 0 radical (unpaired) electrons. The summed E-state index contributed by atoms with van der Waals surface area (Å²) in [5.74, 6) is 1.27. The molecular weight excluding hydrogens is 264 g/mol. The van der Waals surface area contributed by atoms with Crippen LogP contribution in [0.15, 0.2) is 24.3 Å². The molecule has 0 bridgehead atoms. The molecule has 4 nitrogen and oxygen atoms in total. The molecule has 0 saturated carbocycles. The molecule has 1 aromatic carbocycles. The Morgan fingerprint density at radius 2 is 1.71 bits per heavy atom. The predicted molar refractivity (Wildman–Crippen MR) is 82.2 cm³/mol. The van der Waals surface area contributed by atoms with Gasteiger partial charge < -0.3 is 9.80 Å². The molecule has 1 atom stereocenters. The van der Waals surface area contributed by atoms with Crippen molar-refractivity contribution in [3.8, 4) is 0 Å². The molecule has 2 aliphatic rings. The van der Waals surface area contributed by atoms with E-state index in [0.717, 1.165) is 38.2 Å². The van der Waals surface area contributed by atoms with Crippen molar-refractivity contribution in [3.63, 3.8) is 0 Å². The van der Waals surface area contributed by atoms with Crippen LogP contribution in [-0.2, 0) is 9.59 Å². The summed E-state index contributed by atoms with van der Waals surface area (Å²) in [6.45, 7) is 5.76. The second-order valence-corrected chi connectivity index (χ2v) is 6.14. The van der Waals surface area contributed by atoms with E-state index in [-0.39, 0.29) is 11.8 Å². The summed E-state index contributed by atoms with van der Waals surface area (Å²) in [7, 11) is 0. The van der Waals surface area contributed by atoms with Crippen molar-refractivity contribution in [3.05, 3.63) is 29.8 Å². The number of carbonyl (C=O) groups is 2. The van der Waals surface area contributed by atoms with Crippen LogP contribution in [0.25, 0.3) is 0 Å². The van der Waals surface area contributed by atoms with Crippen LogP contribution >= 0.6 is 0 Å². The number of piperidine rings is 1. The summed E-state index contributed by atoms with van der Waals surface area (Å²) < 4.78 is 0. The van der Waals surface area contributed by atoms with E-state index in [1.54, 1.807) is 13.8 Å². The number of carbonyl (C=O) groups excluding carboxylic acids is 2. The lowest BCUT2D eigenvalue weighted by atomic mass is 9.81. The highest BCUT2D eigenvalue weighted by Crippen LogP contribution is 2.43. The number of hydrogen-bond donors (Lipinski definition) is 0. The third kappa shape index (κ3) is 2.55. The van der Waals surface area contributed by atoms with Gasteiger partial charge in [-0.2, -0.15) is 0 Å². The van der Waals surface area contributed by atoms with E-state index in [0.29, 0.717) is 11.8 Å². The van der Waals surface area contributed by atoms with Gasteiger partial charge in [0.15, 0.2) is 0 Å². The molecule has 0 N–H and O–H groups in total. The number of para-hydroxylation sites is 1. The molecule has 3 rings (SSSR count). The van der Waals surface area contributed by atoms with Gasteiger partial charge in [0.05, 0.1) is 0 Å². The van der Waals surface area contributed by atoms with Gasteiger partial charge in [0, 0.05) is 45.1 Å². The van der Waals surface area contributed by atoms with Crippen molar-refractivity contribution >= 4 is 17.5 Å². The minimum absolute atomic E-state index is 0.117. The summed E-state index contributed by atoms with van der Waals surface area (Å²) in [5.41, 5.74) is 2.37. The molecular formula is C17H22N2O2. The van der Waals surface area contributed by atoms with Crippen molar-refractivity contribution in [2.45, 2.75) is 32.6 Å². The number of fused-ring (bicyclic) bond motifs is 1. The van der Waals surface area contributed by atoms with Crippen molar-refractivity contribution in [1.29, 1.82) is 0 Å². The fourth-order valence-corrected chi connectivity index (χ4v) is 3.76. The lowest BCUT2D eigenvalue weighted by molar-refractivity contribution is -0.130. The van der Waals surface area contributed by atoms with E-state index in [2.05, 4.69) is 12.1 Å². The lowest BCUT2D eigenvalue weighted by Gasteiger charge is -2.34. The van der Waals surface area contributed by atoms with Crippen molar-refractivity contribution in [1.82, 2.24) is 4.90 Å². The van der Waals surface area contributed by atoms with E-state index in [1.807, 2.05) is 21.9 Å². The first-order valence-electron chi connectivity index (χ1n) is 7.70. The molecule has 1 fully saturated rings. The van der Waals surface area contributed by atoms with Gasteiger partial charge in [-0.15, -0.1) is 0 Å². The predicted octanol–water partition coefficient (Wildman–Crippen LogP) is 2.40. The lowest BCUT2D eigenvalue weighted by Crippen LogP contribution is -2.39. The van der Waals surface area contributed by atoms with Crippen LogP contribution in [0.5, 0.6) is 0 Å². The first-order valence-corrected chi connectivity index (χ1v) is 7.70. The van der Waals surface area contributed by atoms with E-state index in [9.17, 15) is 9.59 Å². The molecule has 1 unspecified atom stereocenters. The molecule has 2 heterocycles. The number of benzene rings is 1. The smallest absolute Gasteiger partial charge is 0.223 e. The van der Waals surface area contributed by atoms with Crippen LogP contribution in [0.1, 0.15) is 38.2 Å². The van der Waals surface area contributed by atoms with Crippen molar-refractivity contribution in [2.24, 2.45) is 5.92 Å². The largest absolute Gasteiger partial charge is 0.343 e. The van der Waals surface area contributed by atoms with Crippen molar-refractivity contribution < 1.29 is 9.59 Å². The highest BCUT2D eigenvalue weighted by molar-refractivity contribution is 5.94. The van der Waals surface area contributed by atoms with Gasteiger partial charge in [-0.25, -0.2) is 0 Å². The molecule has 4 heteroatoms. The molecule has 112 valence electrons. The van der Waals surface area contributed by atoms with Crippen LogP contribution < -0.4 is 4.90 Å². The van der Waals surface area contributed by atoms with E-state index in [1.165, 1.54) is 5.56 Å². The molecule has 1 saturated heterocycles. The third-order valence-corrected chi connectivity index (χ3v) is 4.94. The van der Waals surface area contributed by atoms with Gasteiger partial charge in [0.1, 0.15) is 0 Å². The average Bonchev–Trinajstić information content (AvgIpc) is 2.87. The highest BCUT2D eigenvalue weighted by Gasteiger charge is 2.37. The fraction of sp³-hybridized carbons (Fsp3) is 0.529. The maximum atomic E-state index is 11.9. The molecule has 21 heavy (non-hydrogen) atoms. The Morgan fingerprint density at radius 1 is 1.05 bits per heavy atom. The zero-order valence-electron chi connectivity index (χ0n) is 12.7. The number of amides is 2. The molecule has 2 amide bonds. The molecule has 0 aliphatic carbocycles. The Hall–Kier alpha value is -1.84. The zero-order valence-corrected chi connectivity index (χ0v) is 12.7. The molecule has 2 aliphatic heterocycles. The quantitative estimate of drug-likeness (QED) is 0.795. The van der Waals surface area contributed by atoms with Gasteiger partial charge in [-0.1, -0.05) is 18.2 Å². The van der Waals surface area contributed by atoms with Gasteiger partial charge in [-0.3, -0.25) is 9.59 Å². The monoisotopic (exact) mass is 286 g/mol. The second kappa shape index (κ2) is 5.51. The average molecular weight is 286 g/mol. The number of hydrogen-bond acceptors (Lipinski definition) is 2. The number of rotatable bonds is 1. The van der Waals surface area contributed by atoms with Gasteiger partial charge >= 0.3 is 0 Å². The minimum atomic E-state index is 0.117. The van der Waals surface area contributed by atoms with Crippen LogP contribution in [0, 0.1) is 5.92 Å². The zero-order chi connectivity index (χ0) is 15.0. The summed E-state index contributed by atoms with van der Waals surface area (Å²) in [5, 5.41) is 0. The Bertz CT molecular complexity index is 562. The van der Waals surface area contributed by atoms with Crippen LogP contribution in [0.3, 0.4) is 0 Å². The number of anilines is 1. The Kier molecular flexibility index (Phi) is 3.70. The first kappa shape index (κ1) is 14.1. The normalized spacial score (nSPS) is 22.3. The Balaban J connectivity index is 1.79. The van der Waals surface area contributed by atoms with Crippen LogP contribution in [-0.4, -0.2) is 36.3 Å².